The number of nitrogens with zero attached hydrogens (tertiary/aromatic N) is 3. The number of thiocarbonyl (C=S) groups is 1. The number of hydrogen-bond donors (Lipinski definition) is 0. The third-order valence-corrected chi connectivity index (χ3v) is 7.23. The second-order valence-electron chi connectivity index (χ2n) is 7.76. The second kappa shape index (κ2) is 9.26. The van der Waals surface area contributed by atoms with Crippen molar-refractivity contribution in [2.45, 2.75) is 6.54 Å². The van der Waals surface area contributed by atoms with E-state index in [1.54, 1.807) is 12.1 Å². The summed E-state index contributed by atoms with van der Waals surface area (Å²) in [6.45, 7) is 0.428. The minimum Gasteiger partial charge on any atom is -0.342 e. The van der Waals surface area contributed by atoms with Gasteiger partial charge in [-0.15, -0.1) is 0 Å². The van der Waals surface area contributed by atoms with E-state index >= 15 is 0 Å². The molecule has 5 rings (SSSR count). The number of amides is 1. The number of nitro benzene ring substituents is 1. The topological polar surface area (TPSA) is 68.4 Å². The maximum atomic E-state index is 13.5. The van der Waals surface area contributed by atoms with Gasteiger partial charge in [-0.1, -0.05) is 59.8 Å². The molecule has 10 heteroatoms. The van der Waals surface area contributed by atoms with Crippen LogP contribution in [0, 0.1) is 15.9 Å². The van der Waals surface area contributed by atoms with Crippen LogP contribution in [0.5, 0.6) is 0 Å². The molecule has 0 bridgehead atoms. The van der Waals surface area contributed by atoms with E-state index in [0.29, 0.717) is 26.5 Å². The highest BCUT2D eigenvalue weighted by Crippen LogP contribution is 2.37. The van der Waals surface area contributed by atoms with Gasteiger partial charge in [0.15, 0.2) is 4.32 Å². The SMILES string of the molecule is O=C1/C(=C\c2cn(Cc3ccc(F)cc3Cl)c3ccccc23)SC(=S)N1c1ccc([N+](=O)[O-])cc1. The Morgan fingerprint density at radius 2 is 1.86 bits per heavy atom. The summed E-state index contributed by atoms with van der Waals surface area (Å²) in [7, 11) is 0. The summed E-state index contributed by atoms with van der Waals surface area (Å²) < 4.78 is 15.8. The van der Waals surface area contributed by atoms with E-state index in [2.05, 4.69) is 0 Å². The predicted molar refractivity (Wildman–Crippen MR) is 141 cm³/mol. The first kappa shape index (κ1) is 23.2. The van der Waals surface area contributed by atoms with E-state index in [1.165, 1.54) is 53.1 Å². The minimum atomic E-state index is -0.497. The summed E-state index contributed by atoms with van der Waals surface area (Å²) in [5.74, 6) is -0.695. The van der Waals surface area contributed by atoms with Crippen molar-refractivity contribution in [2.75, 3.05) is 4.90 Å². The molecule has 4 aromatic rings. The average molecular weight is 524 g/mol. The van der Waals surface area contributed by atoms with Crippen LogP contribution in [0.25, 0.3) is 17.0 Å². The Bertz CT molecular complexity index is 1550. The average Bonchev–Trinajstić information content (AvgIpc) is 3.32. The summed E-state index contributed by atoms with van der Waals surface area (Å²) in [6.07, 6.45) is 3.71. The van der Waals surface area contributed by atoms with Crippen LogP contribution in [0.1, 0.15) is 11.1 Å². The third kappa shape index (κ3) is 4.45. The van der Waals surface area contributed by atoms with Gasteiger partial charge in [0.05, 0.1) is 15.5 Å². The van der Waals surface area contributed by atoms with Crippen LogP contribution in [0.4, 0.5) is 15.8 Å². The normalized spacial score (nSPS) is 14.9. The zero-order valence-electron chi connectivity index (χ0n) is 17.9. The van der Waals surface area contributed by atoms with Crippen molar-refractivity contribution in [1.82, 2.24) is 4.57 Å². The van der Waals surface area contributed by atoms with E-state index in [-0.39, 0.29) is 11.6 Å². The molecule has 2 heterocycles. The Balaban J connectivity index is 1.49. The molecule has 1 aliphatic heterocycles. The quantitative estimate of drug-likeness (QED) is 0.125. The van der Waals surface area contributed by atoms with Gasteiger partial charge in [0.2, 0.25) is 0 Å². The van der Waals surface area contributed by atoms with Gasteiger partial charge >= 0.3 is 0 Å². The fraction of sp³-hybridized carbons (Fsp3) is 0.0400. The second-order valence-corrected chi connectivity index (χ2v) is 9.84. The van der Waals surface area contributed by atoms with E-state index in [1.807, 2.05) is 35.0 Å². The van der Waals surface area contributed by atoms with Crippen LogP contribution in [0.2, 0.25) is 5.02 Å². The first-order chi connectivity index (χ1) is 16.8. The number of aromatic nitrogens is 1. The predicted octanol–water partition coefficient (Wildman–Crippen LogP) is 6.80. The lowest BCUT2D eigenvalue weighted by Gasteiger charge is -2.13. The van der Waals surface area contributed by atoms with Crippen molar-refractivity contribution in [3.05, 3.63) is 110 Å². The van der Waals surface area contributed by atoms with Gasteiger partial charge in [-0.3, -0.25) is 19.8 Å². The van der Waals surface area contributed by atoms with Crippen molar-refractivity contribution in [1.29, 1.82) is 0 Å². The number of hydrogen-bond acceptors (Lipinski definition) is 5. The molecular weight excluding hydrogens is 509 g/mol. The smallest absolute Gasteiger partial charge is 0.270 e. The van der Waals surface area contributed by atoms with Gasteiger partial charge in [-0.25, -0.2) is 4.39 Å². The largest absolute Gasteiger partial charge is 0.342 e. The number of fused-ring (bicyclic) bond motifs is 1. The maximum Gasteiger partial charge on any atom is 0.270 e. The number of thioether (sulfide) groups is 1. The Kier molecular flexibility index (Phi) is 6.14. The summed E-state index contributed by atoms with van der Waals surface area (Å²) in [4.78, 5) is 25.5. The first-order valence-electron chi connectivity index (χ1n) is 10.4. The molecule has 1 fully saturated rings. The van der Waals surface area contributed by atoms with Crippen LogP contribution >= 0.6 is 35.6 Å². The number of anilines is 1. The maximum absolute atomic E-state index is 13.5. The van der Waals surface area contributed by atoms with Gasteiger partial charge in [0.25, 0.3) is 11.6 Å². The van der Waals surface area contributed by atoms with Crippen LogP contribution in [0.3, 0.4) is 0 Å². The molecule has 0 saturated carbocycles. The van der Waals surface area contributed by atoms with Crippen LogP contribution in [-0.4, -0.2) is 19.7 Å². The fourth-order valence-corrected chi connectivity index (χ4v) is 5.43. The van der Waals surface area contributed by atoms with E-state index < -0.39 is 10.7 Å². The number of rotatable bonds is 5. The van der Waals surface area contributed by atoms with Gasteiger partial charge in [0, 0.05) is 46.4 Å². The number of benzene rings is 3. The Hall–Kier alpha value is -3.53. The third-order valence-electron chi connectivity index (χ3n) is 5.57. The highest BCUT2D eigenvalue weighted by molar-refractivity contribution is 8.27. The zero-order chi connectivity index (χ0) is 24.7. The van der Waals surface area contributed by atoms with E-state index in [9.17, 15) is 19.3 Å². The lowest BCUT2D eigenvalue weighted by atomic mass is 10.1. The summed E-state index contributed by atoms with van der Waals surface area (Å²) in [5.41, 5.74) is 2.93. The summed E-state index contributed by atoms with van der Waals surface area (Å²) in [6, 6.07) is 17.8. The molecule has 6 nitrogen and oxygen atoms in total. The molecule has 0 unspecified atom stereocenters. The Morgan fingerprint density at radius 3 is 2.57 bits per heavy atom. The van der Waals surface area contributed by atoms with Crippen molar-refractivity contribution < 1.29 is 14.1 Å². The molecule has 0 spiro atoms. The number of carbonyl (C=O) groups excluding carboxylic acids is 1. The molecule has 174 valence electrons. The van der Waals surface area contributed by atoms with Gasteiger partial charge < -0.3 is 4.57 Å². The number of halogens is 2. The molecule has 3 aromatic carbocycles. The van der Waals surface area contributed by atoms with Crippen molar-refractivity contribution in [2.24, 2.45) is 0 Å². The minimum absolute atomic E-state index is 0.0659. The fourth-order valence-electron chi connectivity index (χ4n) is 3.91. The highest BCUT2D eigenvalue weighted by atomic mass is 35.5. The monoisotopic (exact) mass is 523 g/mol. The van der Waals surface area contributed by atoms with Crippen molar-refractivity contribution in [3.63, 3.8) is 0 Å². The van der Waals surface area contributed by atoms with Crippen LogP contribution in [-0.2, 0) is 11.3 Å². The standard InChI is InChI=1S/C25H15ClFN3O3S2/c26-21-12-17(27)6-5-15(21)13-28-14-16(20-3-1-2-4-22(20)28)11-23-24(31)29(25(34)35-23)18-7-9-19(10-8-18)30(32)33/h1-12,14H,13H2/b23-11+. The molecule has 1 aromatic heterocycles. The number of carbonyl (C=O) groups is 1. The molecule has 35 heavy (non-hydrogen) atoms. The van der Waals surface area contributed by atoms with Gasteiger partial charge in [-0.2, -0.15) is 0 Å². The molecule has 0 aliphatic carbocycles. The molecule has 1 aliphatic rings. The zero-order valence-corrected chi connectivity index (χ0v) is 20.2. The van der Waals surface area contributed by atoms with Crippen molar-refractivity contribution in [3.8, 4) is 0 Å². The number of non-ortho nitro benzene ring substituents is 1. The highest BCUT2D eigenvalue weighted by Gasteiger charge is 2.33. The van der Waals surface area contributed by atoms with Crippen molar-refractivity contribution >= 4 is 74.2 Å². The first-order valence-corrected chi connectivity index (χ1v) is 12.0. The number of para-hydroxylation sites is 1. The molecule has 0 N–H and O–H groups in total. The van der Waals surface area contributed by atoms with Crippen LogP contribution in [0.15, 0.2) is 77.8 Å². The molecule has 0 radical (unpaired) electrons. The molecular formula is C25H15ClFN3O3S2. The Labute approximate surface area is 213 Å². The summed E-state index contributed by atoms with van der Waals surface area (Å²) in [5, 5.41) is 12.2. The Morgan fingerprint density at radius 1 is 1.11 bits per heavy atom. The van der Waals surface area contributed by atoms with Gasteiger partial charge in [0.1, 0.15) is 5.82 Å². The van der Waals surface area contributed by atoms with E-state index in [4.69, 9.17) is 23.8 Å². The lowest BCUT2D eigenvalue weighted by molar-refractivity contribution is -0.384. The number of nitro groups is 1. The summed E-state index contributed by atoms with van der Waals surface area (Å²) >= 11 is 12.8. The molecule has 0 atom stereocenters. The lowest BCUT2D eigenvalue weighted by Crippen LogP contribution is -2.27. The van der Waals surface area contributed by atoms with E-state index in [0.717, 1.165) is 22.0 Å². The molecule has 1 saturated heterocycles. The van der Waals surface area contributed by atoms with Crippen LogP contribution < -0.4 is 4.90 Å². The van der Waals surface area contributed by atoms with Gasteiger partial charge in [-0.05, 0) is 42.0 Å². The molecule has 1 amide bonds.